The number of amides is 1. The maximum Gasteiger partial charge on any atom is 0.330 e. The standard InChI is InChI=1S/C21H21ClN4O4/c1-13-10-15(8-9-16(13)22)30-12-17(27)25(2)18-19(23)26(21(29)24-20(18)28)11-14-6-4-3-5-7-14/h3-10H,11-12,23H2,1-2H3,(H,24,28,29). The summed E-state index contributed by atoms with van der Waals surface area (Å²) in [6.07, 6.45) is 0. The van der Waals surface area contributed by atoms with Gasteiger partial charge in [0.15, 0.2) is 12.3 Å². The number of nitrogens with two attached hydrogens (primary N) is 1. The van der Waals surface area contributed by atoms with Crippen LogP contribution in [0.4, 0.5) is 11.5 Å². The summed E-state index contributed by atoms with van der Waals surface area (Å²) in [6.45, 7) is 1.64. The molecule has 0 aliphatic rings. The number of aromatic amines is 1. The van der Waals surface area contributed by atoms with Crippen molar-refractivity contribution in [3.63, 3.8) is 0 Å². The van der Waals surface area contributed by atoms with Gasteiger partial charge in [-0.2, -0.15) is 0 Å². The van der Waals surface area contributed by atoms with Crippen LogP contribution in [0.25, 0.3) is 0 Å². The fourth-order valence-electron chi connectivity index (χ4n) is 2.90. The number of halogens is 1. The third-order valence-electron chi connectivity index (χ3n) is 4.60. The number of ether oxygens (including phenoxy) is 1. The first-order valence-electron chi connectivity index (χ1n) is 9.10. The third kappa shape index (κ3) is 4.55. The van der Waals surface area contributed by atoms with Gasteiger partial charge < -0.3 is 15.4 Å². The minimum absolute atomic E-state index is 0.106. The number of hydrogen-bond donors (Lipinski definition) is 2. The normalized spacial score (nSPS) is 10.6. The summed E-state index contributed by atoms with van der Waals surface area (Å²) in [5.41, 5.74) is 6.21. The van der Waals surface area contributed by atoms with Gasteiger partial charge in [-0.25, -0.2) is 4.79 Å². The molecule has 9 heteroatoms. The van der Waals surface area contributed by atoms with E-state index in [2.05, 4.69) is 4.98 Å². The number of hydrogen-bond acceptors (Lipinski definition) is 5. The van der Waals surface area contributed by atoms with Crippen molar-refractivity contribution in [3.8, 4) is 5.75 Å². The van der Waals surface area contributed by atoms with E-state index in [0.717, 1.165) is 16.0 Å². The highest BCUT2D eigenvalue weighted by atomic mass is 35.5. The van der Waals surface area contributed by atoms with Gasteiger partial charge in [0.1, 0.15) is 11.6 Å². The number of anilines is 2. The first-order valence-corrected chi connectivity index (χ1v) is 9.47. The van der Waals surface area contributed by atoms with Crippen molar-refractivity contribution in [1.82, 2.24) is 9.55 Å². The average Bonchev–Trinajstić information content (AvgIpc) is 2.72. The summed E-state index contributed by atoms with van der Waals surface area (Å²) in [4.78, 5) is 40.5. The van der Waals surface area contributed by atoms with Crippen LogP contribution < -0.4 is 26.6 Å². The Labute approximate surface area is 177 Å². The first kappa shape index (κ1) is 21.2. The number of rotatable bonds is 6. The molecule has 8 nitrogen and oxygen atoms in total. The summed E-state index contributed by atoms with van der Waals surface area (Å²) in [7, 11) is 1.40. The molecule has 0 radical (unpaired) electrons. The van der Waals surface area contributed by atoms with Gasteiger partial charge in [-0.3, -0.25) is 19.1 Å². The van der Waals surface area contributed by atoms with E-state index in [0.29, 0.717) is 10.8 Å². The molecule has 0 aliphatic carbocycles. The second kappa shape index (κ2) is 8.87. The Hall–Kier alpha value is -3.52. The molecule has 1 heterocycles. The van der Waals surface area contributed by atoms with Crippen molar-refractivity contribution in [2.45, 2.75) is 13.5 Å². The molecule has 2 aromatic carbocycles. The number of carbonyl (C=O) groups is 1. The molecule has 0 saturated heterocycles. The van der Waals surface area contributed by atoms with E-state index in [1.165, 1.54) is 11.6 Å². The van der Waals surface area contributed by atoms with Gasteiger partial charge in [0.05, 0.1) is 6.54 Å². The molecule has 0 aliphatic heterocycles. The zero-order valence-electron chi connectivity index (χ0n) is 16.5. The van der Waals surface area contributed by atoms with Gasteiger partial charge >= 0.3 is 5.69 Å². The SMILES string of the molecule is Cc1cc(OCC(=O)N(C)c2c(N)n(Cc3ccccc3)c(=O)[nH]c2=O)ccc1Cl. The monoisotopic (exact) mass is 428 g/mol. The number of likely N-dealkylation sites (N-methyl/N-ethyl adjacent to an activating group) is 1. The molecule has 3 N–H and O–H groups in total. The van der Waals surface area contributed by atoms with Crippen LogP contribution in [0.1, 0.15) is 11.1 Å². The van der Waals surface area contributed by atoms with E-state index >= 15 is 0 Å². The second-order valence-corrected chi connectivity index (χ2v) is 7.12. The lowest BCUT2D eigenvalue weighted by Crippen LogP contribution is -2.41. The molecule has 3 aromatic rings. The summed E-state index contributed by atoms with van der Waals surface area (Å²) < 4.78 is 6.71. The van der Waals surface area contributed by atoms with E-state index in [-0.39, 0.29) is 24.7 Å². The number of aromatic nitrogens is 2. The van der Waals surface area contributed by atoms with Crippen molar-refractivity contribution in [2.24, 2.45) is 0 Å². The number of nitrogens with zero attached hydrogens (tertiary/aromatic N) is 2. The molecular formula is C21H21ClN4O4. The number of nitrogen functional groups attached to an aromatic ring is 1. The maximum atomic E-state index is 12.6. The van der Waals surface area contributed by atoms with Gasteiger partial charge in [0.2, 0.25) is 0 Å². The fraction of sp³-hybridized carbons (Fsp3) is 0.190. The lowest BCUT2D eigenvalue weighted by Gasteiger charge is -2.20. The number of nitrogens with one attached hydrogen (secondary N) is 1. The molecular weight excluding hydrogens is 408 g/mol. The van der Waals surface area contributed by atoms with E-state index in [1.807, 2.05) is 37.3 Å². The number of aryl methyl sites for hydroxylation is 1. The van der Waals surface area contributed by atoms with Crippen molar-refractivity contribution in [3.05, 3.63) is 85.5 Å². The van der Waals surface area contributed by atoms with Gasteiger partial charge in [0, 0.05) is 12.1 Å². The van der Waals surface area contributed by atoms with Crippen LogP contribution in [0.3, 0.4) is 0 Å². The molecule has 1 amide bonds. The van der Waals surface area contributed by atoms with Crippen LogP contribution in [0.2, 0.25) is 5.02 Å². The minimum atomic E-state index is -0.750. The van der Waals surface area contributed by atoms with E-state index in [1.54, 1.807) is 18.2 Å². The molecule has 0 bridgehead atoms. The van der Waals surface area contributed by atoms with Gasteiger partial charge in [0.25, 0.3) is 11.5 Å². The van der Waals surface area contributed by atoms with Gasteiger partial charge in [-0.1, -0.05) is 41.9 Å². The predicted octanol–water partition coefficient (Wildman–Crippen LogP) is 2.17. The Balaban J connectivity index is 1.83. The summed E-state index contributed by atoms with van der Waals surface area (Å²) >= 11 is 5.98. The lowest BCUT2D eigenvalue weighted by atomic mass is 10.2. The molecule has 0 atom stereocenters. The molecule has 156 valence electrons. The highest BCUT2D eigenvalue weighted by molar-refractivity contribution is 6.31. The fourth-order valence-corrected chi connectivity index (χ4v) is 3.02. The van der Waals surface area contributed by atoms with Crippen molar-refractivity contribution >= 4 is 29.0 Å². The molecule has 0 unspecified atom stereocenters. The summed E-state index contributed by atoms with van der Waals surface area (Å²) in [6, 6.07) is 14.2. The average molecular weight is 429 g/mol. The Kier molecular flexibility index (Phi) is 6.27. The quantitative estimate of drug-likeness (QED) is 0.625. The Morgan fingerprint density at radius 3 is 2.57 bits per heavy atom. The number of H-pyrrole nitrogens is 1. The van der Waals surface area contributed by atoms with Crippen LogP contribution >= 0.6 is 11.6 Å². The van der Waals surface area contributed by atoms with Crippen LogP contribution in [-0.2, 0) is 11.3 Å². The largest absolute Gasteiger partial charge is 0.484 e. The van der Waals surface area contributed by atoms with E-state index in [4.69, 9.17) is 22.1 Å². The highest BCUT2D eigenvalue weighted by Gasteiger charge is 2.21. The van der Waals surface area contributed by atoms with Gasteiger partial charge in [-0.05, 0) is 36.2 Å². The number of carbonyl (C=O) groups excluding carboxylic acids is 1. The first-order chi connectivity index (χ1) is 14.3. The van der Waals surface area contributed by atoms with Gasteiger partial charge in [-0.15, -0.1) is 0 Å². The van der Waals surface area contributed by atoms with Crippen LogP contribution in [-0.4, -0.2) is 29.1 Å². The smallest absolute Gasteiger partial charge is 0.330 e. The Morgan fingerprint density at radius 1 is 1.20 bits per heavy atom. The summed E-state index contributed by atoms with van der Waals surface area (Å²) in [5, 5.41) is 0.589. The molecule has 0 fully saturated rings. The van der Waals surface area contributed by atoms with Crippen molar-refractivity contribution < 1.29 is 9.53 Å². The highest BCUT2D eigenvalue weighted by Crippen LogP contribution is 2.21. The minimum Gasteiger partial charge on any atom is -0.484 e. The molecule has 0 saturated carbocycles. The molecule has 1 aromatic heterocycles. The summed E-state index contributed by atoms with van der Waals surface area (Å²) in [5.74, 6) is -0.148. The van der Waals surface area contributed by atoms with Crippen molar-refractivity contribution in [1.29, 1.82) is 0 Å². The van der Waals surface area contributed by atoms with Crippen LogP contribution in [0.15, 0.2) is 58.1 Å². The maximum absolute atomic E-state index is 12.6. The molecule has 3 rings (SSSR count). The van der Waals surface area contributed by atoms with E-state index < -0.39 is 17.2 Å². The zero-order valence-corrected chi connectivity index (χ0v) is 17.3. The topological polar surface area (TPSA) is 110 Å². The van der Waals surface area contributed by atoms with Crippen molar-refractivity contribution in [2.75, 3.05) is 24.3 Å². The Morgan fingerprint density at radius 2 is 1.90 bits per heavy atom. The lowest BCUT2D eigenvalue weighted by molar-refractivity contribution is -0.120. The predicted molar refractivity (Wildman–Crippen MR) is 116 cm³/mol. The zero-order chi connectivity index (χ0) is 21.8. The Bertz CT molecular complexity index is 1190. The third-order valence-corrected chi connectivity index (χ3v) is 5.02. The molecule has 0 spiro atoms. The van der Waals surface area contributed by atoms with Crippen LogP contribution in [0.5, 0.6) is 5.75 Å². The number of benzene rings is 2. The second-order valence-electron chi connectivity index (χ2n) is 6.72. The molecule has 30 heavy (non-hydrogen) atoms. The van der Waals surface area contributed by atoms with Crippen LogP contribution in [0, 0.1) is 6.92 Å². The van der Waals surface area contributed by atoms with E-state index in [9.17, 15) is 14.4 Å².